The number of halogens is 3. The lowest BCUT2D eigenvalue weighted by molar-refractivity contribution is 0.432. The Balaban J connectivity index is 2.09. The standard InChI is InChI=1S/C12H7BrF2N4OS/c1-4-7(10(16)21-19-4)12-17-11(18-20-12)5-2-3-6(14)9(15)8(5)13/h2-3H,16H2,1H3. The summed E-state index contributed by atoms with van der Waals surface area (Å²) >= 11 is 4.10. The third-order valence-corrected chi connectivity index (χ3v) is 4.35. The molecule has 0 saturated heterocycles. The minimum Gasteiger partial charge on any atom is -0.389 e. The second-order valence-electron chi connectivity index (χ2n) is 4.15. The predicted octanol–water partition coefficient (Wildman–Crippen LogP) is 3.79. The molecule has 5 nitrogen and oxygen atoms in total. The number of aromatic nitrogens is 3. The Morgan fingerprint density at radius 2 is 2.10 bits per heavy atom. The zero-order valence-corrected chi connectivity index (χ0v) is 12.9. The number of anilines is 1. The van der Waals surface area contributed by atoms with Gasteiger partial charge in [-0.15, -0.1) is 0 Å². The molecule has 2 N–H and O–H groups in total. The Hall–Kier alpha value is -1.87. The monoisotopic (exact) mass is 372 g/mol. The van der Waals surface area contributed by atoms with Crippen LogP contribution in [0.15, 0.2) is 21.1 Å². The Morgan fingerprint density at radius 3 is 2.76 bits per heavy atom. The number of nitrogens with two attached hydrogens (primary N) is 1. The van der Waals surface area contributed by atoms with E-state index < -0.39 is 11.6 Å². The van der Waals surface area contributed by atoms with E-state index in [9.17, 15) is 8.78 Å². The number of rotatable bonds is 2. The van der Waals surface area contributed by atoms with Gasteiger partial charge in [-0.3, -0.25) is 0 Å². The van der Waals surface area contributed by atoms with E-state index >= 15 is 0 Å². The van der Waals surface area contributed by atoms with E-state index in [-0.39, 0.29) is 21.8 Å². The molecule has 0 bridgehead atoms. The van der Waals surface area contributed by atoms with Crippen LogP contribution in [-0.2, 0) is 0 Å². The lowest BCUT2D eigenvalue weighted by atomic mass is 10.2. The first-order valence-electron chi connectivity index (χ1n) is 5.68. The van der Waals surface area contributed by atoms with Gasteiger partial charge in [-0.1, -0.05) is 5.16 Å². The van der Waals surface area contributed by atoms with Crippen molar-refractivity contribution in [3.63, 3.8) is 0 Å². The Labute approximate surface area is 130 Å². The summed E-state index contributed by atoms with van der Waals surface area (Å²) in [6, 6.07) is 2.36. The fraction of sp³-hybridized carbons (Fsp3) is 0.0833. The van der Waals surface area contributed by atoms with Gasteiger partial charge in [0.25, 0.3) is 5.89 Å². The molecule has 0 aliphatic heterocycles. The van der Waals surface area contributed by atoms with Gasteiger partial charge >= 0.3 is 0 Å². The van der Waals surface area contributed by atoms with E-state index in [0.29, 0.717) is 16.3 Å². The molecule has 0 atom stereocenters. The highest BCUT2D eigenvalue weighted by atomic mass is 79.9. The maximum atomic E-state index is 13.5. The topological polar surface area (TPSA) is 77.8 Å². The molecule has 2 heterocycles. The van der Waals surface area contributed by atoms with E-state index in [2.05, 4.69) is 30.4 Å². The smallest absolute Gasteiger partial charge is 0.263 e. The number of nitrogen functional groups attached to an aromatic ring is 1. The van der Waals surface area contributed by atoms with Crippen LogP contribution in [0.25, 0.3) is 22.8 Å². The van der Waals surface area contributed by atoms with Crippen LogP contribution in [0.1, 0.15) is 5.69 Å². The second-order valence-corrected chi connectivity index (χ2v) is 5.75. The Bertz CT molecular complexity index is 813. The number of benzene rings is 1. The molecule has 0 unspecified atom stereocenters. The van der Waals surface area contributed by atoms with Crippen LogP contribution in [-0.4, -0.2) is 14.5 Å². The van der Waals surface area contributed by atoms with Crippen molar-refractivity contribution in [2.24, 2.45) is 0 Å². The van der Waals surface area contributed by atoms with Crippen LogP contribution in [0.2, 0.25) is 0 Å². The summed E-state index contributed by atoms with van der Waals surface area (Å²) in [5, 5.41) is 4.22. The van der Waals surface area contributed by atoms with Gasteiger partial charge < -0.3 is 10.3 Å². The van der Waals surface area contributed by atoms with Crippen LogP contribution in [0, 0.1) is 18.6 Å². The highest BCUT2D eigenvalue weighted by Gasteiger charge is 2.21. The molecule has 0 aliphatic carbocycles. The van der Waals surface area contributed by atoms with Crippen LogP contribution in [0.5, 0.6) is 0 Å². The summed E-state index contributed by atoms with van der Waals surface area (Å²) in [5.41, 5.74) is 7.30. The largest absolute Gasteiger partial charge is 0.389 e. The average Bonchev–Trinajstić information content (AvgIpc) is 3.03. The van der Waals surface area contributed by atoms with Gasteiger partial charge in [0.05, 0.1) is 15.7 Å². The minimum atomic E-state index is -1.01. The fourth-order valence-electron chi connectivity index (χ4n) is 1.78. The van der Waals surface area contributed by atoms with Crippen molar-refractivity contribution >= 4 is 32.5 Å². The van der Waals surface area contributed by atoms with Crippen LogP contribution in [0.4, 0.5) is 13.8 Å². The number of hydrogen-bond donors (Lipinski definition) is 1. The van der Waals surface area contributed by atoms with Crippen molar-refractivity contribution in [2.75, 3.05) is 5.73 Å². The van der Waals surface area contributed by atoms with Gasteiger partial charge in [0.2, 0.25) is 5.82 Å². The van der Waals surface area contributed by atoms with Gasteiger partial charge in [0.1, 0.15) is 5.00 Å². The highest BCUT2D eigenvalue weighted by Crippen LogP contribution is 2.34. The maximum absolute atomic E-state index is 13.5. The van der Waals surface area contributed by atoms with Crippen molar-refractivity contribution in [3.05, 3.63) is 33.9 Å². The fourth-order valence-corrected chi connectivity index (χ4v) is 2.93. The molecule has 1 aromatic carbocycles. The molecule has 3 rings (SSSR count). The number of aryl methyl sites for hydroxylation is 1. The summed E-state index contributed by atoms with van der Waals surface area (Å²) in [7, 11) is 0. The third-order valence-electron chi connectivity index (χ3n) is 2.81. The van der Waals surface area contributed by atoms with Crippen molar-refractivity contribution in [3.8, 4) is 22.8 Å². The highest BCUT2D eigenvalue weighted by molar-refractivity contribution is 9.10. The molecule has 0 spiro atoms. The van der Waals surface area contributed by atoms with Crippen LogP contribution >= 0.6 is 27.5 Å². The van der Waals surface area contributed by atoms with E-state index in [4.69, 9.17) is 10.3 Å². The molecule has 0 radical (unpaired) electrons. The maximum Gasteiger partial charge on any atom is 0.263 e. The molecule has 2 aromatic heterocycles. The molecule has 0 saturated carbocycles. The quantitative estimate of drug-likeness (QED) is 0.692. The summed E-state index contributed by atoms with van der Waals surface area (Å²) in [6.07, 6.45) is 0. The van der Waals surface area contributed by atoms with Crippen molar-refractivity contribution in [1.82, 2.24) is 14.5 Å². The lowest BCUT2D eigenvalue weighted by Crippen LogP contribution is -1.91. The van der Waals surface area contributed by atoms with E-state index in [1.54, 1.807) is 6.92 Å². The minimum absolute atomic E-state index is 0.0667. The van der Waals surface area contributed by atoms with Crippen LogP contribution in [0.3, 0.4) is 0 Å². The first-order valence-corrected chi connectivity index (χ1v) is 7.25. The second kappa shape index (κ2) is 5.15. The normalized spacial score (nSPS) is 11.0. The number of nitrogens with zero attached hydrogens (tertiary/aromatic N) is 3. The van der Waals surface area contributed by atoms with E-state index in [1.165, 1.54) is 6.07 Å². The third kappa shape index (κ3) is 2.32. The molecule has 9 heteroatoms. The van der Waals surface area contributed by atoms with Crippen molar-refractivity contribution in [1.29, 1.82) is 0 Å². The average molecular weight is 373 g/mol. The van der Waals surface area contributed by atoms with Gasteiger partial charge in [0, 0.05) is 5.56 Å². The molecular weight excluding hydrogens is 366 g/mol. The van der Waals surface area contributed by atoms with Crippen molar-refractivity contribution in [2.45, 2.75) is 6.92 Å². The summed E-state index contributed by atoms with van der Waals surface area (Å²) < 4.78 is 35.8. The van der Waals surface area contributed by atoms with Gasteiger partial charge in [-0.05, 0) is 46.5 Å². The van der Waals surface area contributed by atoms with Crippen LogP contribution < -0.4 is 5.73 Å². The summed E-state index contributed by atoms with van der Waals surface area (Å²) in [4.78, 5) is 4.17. The van der Waals surface area contributed by atoms with E-state index in [0.717, 1.165) is 17.6 Å². The van der Waals surface area contributed by atoms with Gasteiger partial charge in [0.15, 0.2) is 11.6 Å². The zero-order valence-electron chi connectivity index (χ0n) is 10.5. The molecule has 3 aromatic rings. The van der Waals surface area contributed by atoms with Gasteiger partial charge in [-0.25, -0.2) is 8.78 Å². The zero-order chi connectivity index (χ0) is 15.1. The summed E-state index contributed by atoms with van der Waals surface area (Å²) in [6.45, 7) is 1.76. The number of hydrogen-bond acceptors (Lipinski definition) is 6. The SMILES string of the molecule is Cc1nsc(N)c1-c1nc(-c2ccc(F)c(F)c2Br)no1. The van der Waals surface area contributed by atoms with E-state index in [1.807, 2.05) is 0 Å². The first kappa shape index (κ1) is 14.1. The molecule has 0 amide bonds. The first-order chi connectivity index (χ1) is 9.99. The molecular formula is C12H7BrF2N4OS. The molecule has 21 heavy (non-hydrogen) atoms. The Kier molecular flexibility index (Phi) is 3.46. The Morgan fingerprint density at radius 1 is 1.33 bits per heavy atom. The van der Waals surface area contributed by atoms with Crippen molar-refractivity contribution < 1.29 is 13.3 Å². The lowest BCUT2D eigenvalue weighted by Gasteiger charge is -2.01. The predicted molar refractivity (Wildman–Crippen MR) is 77.6 cm³/mol. The molecule has 0 fully saturated rings. The van der Waals surface area contributed by atoms with Gasteiger partial charge in [-0.2, -0.15) is 9.36 Å². The molecule has 0 aliphatic rings. The summed E-state index contributed by atoms with van der Waals surface area (Å²) in [5.74, 6) is -1.66. The molecule has 108 valence electrons.